The van der Waals surface area contributed by atoms with Crippen molar-refractivity contribution in [1.29, 1.82) is 0 Å². The Morgan fingerprint density at radius 1 is 1.16 bits per heavy atom. The molecule has 1 fully saturated rings. The molecule has 3 aromatic rings. The van der Waals surface area contributed by atoms with Gasteiger partial charge in [0.2, 0.25) is 0 Å². The Morgan fingerprint density at radius 2 is 1.87 bits per heavy atom. The van der Waals surface area contributed by atoms with Gasteiger partial charge in [-0.2, -0.15) is 5.10 Å². The maximum atomic E-state index is 12.8. The summed E-state index contributed by atoms with van der Waals surface area (Å²) in [5.74, 6) is -1.26. The van der Waals surface area contributed by atoms with Crippen molar-refractivity contribution in [3.8, 4) is 16.9 Å². The van der Waals surface area contributed by atoms with E-state index in [-0.39, 0.29) is 18.9 Å². The fraction of sp³-hybridized carbons (Fsp3) is 0.0909. The normalized spacial score (nSPS) is 15.1. The van der Waals surface area contributed by atoms with Gasteiger partial charge < -0.3 is 5.11 Å². The molecule has 0 bridgehead atoms. The smallest absolute Gasteiger partial charge is 0.305 e. The molecule has 31 heavy (non-hydrogen) atoms. The molecule has 156 valence electrons. The number of amides is 1. The van der Waals surface area contributed by atoms with Gasteiger partial charge in [-0.1, -0.05) is 70.2 Å². The molecule has 9 heteroatoms. The lowest BCUT2D eigenvalue weighted by Gasteiger charge is -2.12. The number of carboxylic acids is 1. The molecular weight excluding hydrogens is 498 g/mol. The van der Waals surface area contributed by atoms with Crippen LogP contribution in [-0.2, 0) is 9.59 Å². The average Bonchev–Trinajstić information content (AvgIpc) is 3.29. The first kappa shape index (κ1) is 21.5. The van der Waals surface area contributed by atoms with Gasteiger partial charge in [-0.3, -0.25) is 14.5 Å². The third-order valence-electron chi connectivity index (χ3n) is 4.59. The molecule has 1 amide bonds. The lowest BCUT2D eigenvalue weighted by Crippen LogP contribution is -2.30. The standard InChI is InChI=1S/C22H16BrN3O3S2/c23-16-8-6-14(7-9-16)20-15(13-26(24-20)17-4-2-1-3-5-17)12-18-21(29)25(22(30)31-18)11-10-19(27)28/h1-9,12-13H,10-11H2,(H,27,28)/b18-12+. The first-order valence-electron chi connectivity index (χ1n) is 9.30. The number of aliphatic carboxylic acids is 1. The monoisotopic (exact) mass is 513 g/mol. The summed E-state index contributed by atoms with van der Waals surface area (Å²) in [6, 6.07) is 17.5. The Balaban J connectivity index is 1.74. The maximum absolute atomic E-state index is 12.8. The second kappa shape index (κ2) is 9.17. The Bertz CT molecular complexity index is 1190. The average molecular weight is 514 g/mol. The van der Waals surface area contributed by atoms with Gasteiger partial charge in [-0.25, -0.2) is 4.68 Å². The number of rotatable bonds is 6. The second-order valence-corrected chi connectivity index (χ2v) is 9.29. The van der Waals surface area contributed by atoms with Crippen LogP contribution in [0, 0.1) is 0 Å². The van der Waals surface area contributed by atoms with Crippen molar-refractivity contribution in [1.82, 2.24) is 14.7 Å². The van der Waals surface area contributed by atoms with Crippen molar-refractivity contribution >= 4 is 62.2 Å². The molecule has 1 saturated heterocycles. The van der Waals surface area contributed by atoms with E-state index in [9.17, 15) is 9.59 Å². The molecule has 1 aromatic heterocycles. The van der Waals surface area contributed by atoms with Crippen LogP contribution in [0.1, 0.15) is 12.0 Å². The van der Waals surface area contributed by atoms with E-state index >= 15 is 0 Å². The zero-order valence-corrected chi connectivity index (χ0v) is 19.3. The van der Waals surface area contributed by atoms with Gasteiger partial charge >= 0.3 is 5.97 Å². The van der Waals surface area contributed by atoms with E-state index in [2.05, 4.69) is 15.9 Å². The molecule has 0 spiro atoms. The highest BCUT2D eigenvalue weighted by molar-refractivity contribution is 9.10. The number of benzene rings is 2. The van der Waals surface area contributed by atoms with Crippen LogP contribution in [0.2, 0.25) is 0 Å². The number of carbonyl (C=O) groups is 2. The Hall–Kier alpha value is -2.75. The predicted molar refractivity (Wildman–Crippen MR) is 129 cm³/mol. The van der Waals surface area contributed by atoms with Crippen LogP contribution in [0.5, 0.6) is 0 Å². The van der Waals surface area contributed by atoms with Gasteiger partial charge in [0.25, 0.3) is 5.91 Å². The molecule has 1 aliphatic heterocycles. The van der Waals surface area contributed by atoms with Crippen LogP contribution in [0.3, 0.4) is 0 Å². The summed E-state index contributed by atoms with van der Waals surface area (Å²) < 4.78 is 3.09. The summed E-state index contributed by atoms with van der Waals surface area (Å²) >= 11 is 9.91. The number of carbonyl (C=O) groups excluding carboxylic acids is 1. The van der Waals surface area contributed by atoms with Crippen LogP contribution in [0.15, 0.2) is 70.2 Å². The number of thioether (sulfide) groups is 1. The van der Waals surface area contributed by atoms with E-state index in [0.29, 0.717) is 9.23 Å². The van der Waals surface area contributed by atoms with Crippen molar-refractivity contribution in [2.45, 2.75) is 6.42 Å². The molecule has 0 radical (unpaired) electrons. The van der Waals surface area contributed by atoms with Crippen molar-refractivity contribution < 1.29 is 14.7 Å². The Kier molecular flexibility index (Phi) is 6.35. The molecule has 2 heterocycles. The minimum atomic E-state index is -0.973. The van der Waals surface area contributed by atoms with Gasteiger partial charge in [0.15, 0.2) is 0 Å². The van der Waals surface area contributed by atoms with Crippen LogP contribution in [-0.4, -0.2) is 42.5 Å². The third-order valence-corrected chi connectivity index (χ3v) is 6.50. The summed E-state index contributed by atoms with van der Waals surface area (Å²) in [5.41, 5.74) is 3.30. The number of nitrogens with zero attached hydrogens (tertiary/aromatic N) is 3. The summed E-state index contributed by atoms with van der Waals surface area (Å²) in [6.45, 7) is 0.0557. The quantitative estimate of drug-likeness (QED) is 0.370. The molecule has 6 nitrogen and oxygen atoms in total. The molecule has 2 aromatic carbocycles. The highest BCUT2D eigenvalue weighted by Gasteiger charge is 2.32. The van der Waals surface area contributed by atoms with E-state index in [1.165, 1.54) is 16.7 Å². The predicted octanol–water partition coefficient (Wildman–Crippen LogP) is 4.98. The number of carboxylic acid groups (broad SMARTS) is 1. The highest BCUT2D eigenvalue weighted by atomic mass is 79.9. The van der Waals surface area contributed by atoms with Gasteiger partial charge in [0.1, 0.15) is 4.32 Å². The van der Waals surface area contributed by atoms with Crippen LogP contribution in [0.4, 0.5) is 0 Å². The largest absolute Gasteiger partial charge is 0.481 e. The number of halogens is 1. The van der Waals surface area contributed by atoms with Crippen molar-refractivity contribution in [3.05, 3.63) is 75.7 Å². The van der Waals surface area contributed by atoms with E-state index in [1.807, 2.05) is 60.8 Å². The van der Waals surface area contributed by atoms with Crippen LogP contribution >= 0.6 is 39.9 Å². The molecule has 1 N–H and O–H groups in total. The summed E-state index contributed by atoms with van der Waals surface area (Å²) in [4.78, 5) is 25.5. The topological polar surface area (TPSA) is 75.4 Å². The minimum absolute atomic E-state index is 0.0557. The van der Waals surface area contributed by atoms with E-state index < -0.39 is 5.97 Å². The minimum Gasteiger partial charge on any atom is -0.481 e. The Labute approximate surface area is 196 Å². The zero-order valence-electron chi connectivity index (χ0n) is 16.1. The van der Waals surface area contributed by atoms with Crippen molar-refractivity contribution in [2.24, 2.45) is 0 Å². The molecule has 4 rings (SSSR count). The Morgan fingerprint density at radius 3 is 2.55 bits per heavy atom. The fourth-order valence-corrected chi connectivity index (χ4v) is 4.64. The van der Waals surface area contributed by atoms with Crippen LogP contribution < -0.4 is 0 Å². The number of aromatic nitrogens is 2. The van der Waals surface area contributed by atoms with Gasteiger partial charge in [-0.05, 0) is 30.3 Å². The second-order valence-electron chi connectivity index (χ2n) is 6.70. The van der Waals surface area contributed by atoms with E-state index in [0.717, 1.165) is 27.0 Å². The molecule has 0 unspecified atom stereocenters. The lowest BCUT2D eigenvalue weighted by atomic mass is 10.1. The van der Waals surface area contributed by atoms with Gasteiger partial charge in [0.05, 0.1) is 22.7 Å². The first-order valence-corrected chi connectivity index (χ1v) is 11.3. The molecule has 0 saturated carbocycles. The number of thiocarbonyl (C=S) groups is 1. The van der Waals surface area contributed by atoms with Crippen molar-refractivity contribution in [2.75, 3.05) is 6.54 Å². The third kappa shape index (κ3) is 4.79. The molecule has 1 aliphatic rings. The van der Waals surface area contributed by atoms with Gasteiger partial charge in [-0.15, -0.1) is 0 Å². The summed E-state index contributed by atoms with van der Waals surface area (Å²) in [5, 5.41) is 13.7. The summed E-state index contributed by atoms with van der Waals surface area (Å²) in [6.07, 6.45) is 3.48. The fourth-order valence-electron chi connectivity index (χ4n) is 3.08. The number of hydrogen-bond acceptors (Lipinski definition) is 5. The molecule has 0 atom stereocenters. The SMILES string of the molecule is O=C(O)CCN1C(=O)/C(=C\c2cn(-c3ccccc3)nc2-c2ccc(Br)cc2)SC1=S. The lowest BCUT2D eigenvalue weighted by molar-refractivity contribution is -0.137. The van der Waals surface area contributed by atoms with E-state index in [1.54, 1.807) is 10.8 Å². The maximum Gasteiger partial charge on any atom is 0.305 e. The molecule has 0 aliphatic carbocycles. The number of para-hydroxylation sites is 1. The van der Waals surface area contributed by atoms with Gasteiger partial charge in [0, 0.05) is 28.3 Å². The first-order chi connectivity index (χ1) is 14.9. The zero-order chi connectivity index (χ0) is 22.0. The summed E-state index contributed by atoms with van der Waals surface area (Å²) in [7, 11) is 0. The number of hydrogen-bond donors (Lipinski definition) is 1. The molecular formula is C22H16BrN3O3S2. The van der Waals surface area contributed by atoms with Crippen LogP contribution in [0.25, 0.3) is 23.0 Å². The highest BCUT2D eigenvalue weighted by Crippen LogP contribution is 2.35. The van der Waals surface area contributed by atoms with E-state index in [4.69, 9.17) is 22.4 Å². The van der Waals surface area contributed by atoms with Crippen molar-refractivity contribution in [3.63, 3.8) is 0 Å².